The van der Waals surface area contributed by atoms with E-state index >= 15 is 0 Å². The summed E-state index contributed by atoms with van der Waals surface area (Å²) >= 11 is 0. The molecular weight excluding hydrogens is 260 g/mol. The van der Waals surface area contributed by atoms with Crippen LogP contribution in [0.25, 0.3) is 0 Å². The third kappa shape index (κ3) is 3.82. The molecule has 1 aromatic rings. The van der Waals surface area contributed by atoms with Crippen LogP contribution in [0.3, 0.4) is 0 Å². The molecule has 0 saturated carbocycles. The molecule has 1 heterocycles. The van der Waals surface area contributed by atoms with E-state index in [4.69, 9.17) is 5.26 Å². The Morgan fingerprint density at radius 3 is 2.75 bits per heavy atom. The van der Waals surface area contributed by atoms with Crippen molar-refractivity contribution >= 4 is 5.91 Å². The van der Waals surface area contributed by atoms with Crippen molar-refractivity contribution < 1.29 is 4.79 Å². The topological polar surface area (TPSA) is 88.1 Å². The van der Waals surface area contributed by atoms with Crippen LogP contribution in [0, 0.1) is 11.3 Å². The Hall–Kier alpha value is -2.36. The van der Waals surface area contributed by atoms with Gasteiger partial charge in [-0.05, 0) is 6.92 Å². The molecular formula is C13H18N4O3. The van der Waals surface area contributed by atoms with Crippen molar-refractivity contribution in [1.82, 2.24) is 14.0 Å². The van der Waals surface area contributed by atoms with Crippen molar-refractivity contribution in [3.05, 3.63) is 33.1 Å². The zero-order chi connectivity index (χ0) is 15.1. The summed E-state index contributed by atoms with van der Waals surface area (Å²) in [5, 5.41) is 8.46. The molecule has 0 aliphatic heterocycles. The highest BCUT2D eigenvalue weighted by atomic mass is 16.2. The van der Waals surface area contributed by atoms with Gasteiger partial charge in [-0.3, -0.25) is 14.2 Å². The maximum absolute atomic E-state index is 11.9. The fraction of sp³-hybridized carbons (Fsp3) is 0.538. The molecule has 0 unspecified atom stereocenters. The van der Waals surface area contributed by atoms with Crippen LogP contribution in [0.5, 0.6) is 0 Å². The maximum Gasteiger partial charge on any atom is 0.330 e. The monoisotopic (exact) mass is 278 g/mol. The first kappa shape index (κ1) is 15.7. The highest BCUT2D eigenvalue weighted by Gasteiger charge is 2.11. The predicted molar refractivity (Wildman–Crippen MR) is 73.1 cm³/mol. The van der Waals surface area contributed by atoms with E-state index in [1.54, 1.807) is 14.0 Å². The van der Waals surface area contributed by atoms with E-state index in [0.717, 1.165) is 4.57 Å². The van der Waals surface area contributed by atoms with E-state index in [9.17, 15) is 14.4 Å². The Balaban J connectivity index is 2.76. The highest BCUT2D eigenvalue weighted by molar-refractivity contribution is 5.75. The Kier molecular flexibility index (Phi) is 5.72. The summed E-state index contributed by atoms with van der Waals surface area (Å²) in [4.78, 5) is 36.8. The molecule has 0 aliphatic rings. The van der Waals surface area contributed by atoms with E-state index in [1.807, 2.05) is 6.07 Å². The molecule has 0 radical (unpaired) electrons. The third-order valence-corrected chi connectivity index (χ3v) is 3.01. The molecule has 0 fully saturated rings. The first-order valence-electron chi connectivity index (χ1n) is 6.42. The molecule has 0 saturated heterocycles. The number of hydrogen-bond donors (Lipinski definition) is 0. The van der Waals surface area contributed by atoms with E-state index in [0.29, 0.717) is 13.1 Å². The number of aryl methyl sites for hydroxylation is 1. The van der Waals surface area contributed by atoms with Gasteiger partial charge >= 0.3 is 5.69 Å². The molecule has 20 heavy (non-hydrogen) atoms. The third-order valence-electron chi connectivity index (χ3n) is 3.01. The van der Waals surface area contributed by atoms with Crippen LogP contribution in [0.4, 0.5) is 0 Å². The number of aromatic nitrogens is 2. The van der Waals surface area contributed by atoms with Crippen LogP contribution in [-0.4, -0.2) is 33.5 Å². The summed E-state index contributed by atoms with van der Waals surface area (Å²) < 4.78 is 2.46. The molecule has 1 amide bonds. The van der Waals surface area contributed by atoms with Gasteiger partial charge < -0.3 is 9.47 Å². The lowest BCUT2D eigenvalue weighted by Crippen LogP contribution is -2.40. The first-order chi connectivity index (χ1) is 9.51. The zero-order valence-corrected chi connectivity index (χ0v) is 11.7. The van der Waals surface area contributed by atoms with Crippen LogP contribution >= 0.6 is 0 Å². The van der Waals surface area contributed by atoms with Crippen LogP contribution in [0.1, 0.15) is 19.8 Å². The van der Waals surface area contributed by atoms with Crippen molar-refractivity contribution in [2.24, 2.45) is 0 Å². The minimum Gasteiger partial charge on any atom is -0.345 e. The smallest absolute Gasteiger partial charge is 0.330 e. The van der Waals surface area contributed by atoms with Crippen LogP contribution in [0.2, 0.25) is 0 Å². The molecule has 0 aliphatic carbocycles. The second-order valence-electron chi connectivity index (χ2n) is 4.35. The number of nitrogens with zero attached hydrogens (tertiary/aromatic N) is 4. The lowest BCUT2D eigenvalue weighted by Gasteiger charge is -2.15. The molecule has 0 N–H and O–H groups in total. The fourth-order valence-corrected chi connectivity index (χ4v) is 1.74. The van der Waals surface area contributed by atoms with Crippen molar-refractivity contribution in [3.8, 4) is 6.07 Å². The molecule has 0 bridgehead atoms. The summed E-state index contributed by atoms with van der Waals surface area (Å²) in [5.74, 6) is -0.196. The average molecular weight is 278 g/mol. The number of nitriles is 1. The SMILES string of the molecule is CCn1ccc(=O)n(CCC(=O)N(C)CCC#N)c1=O. The summed E-state index contributed by atoms with van der Waals surface area (Å²) in [6.45, 7) is 2.67. The Bertz CT molecular complexity index is 624. The van der Waals surface area contributed by atoms with Gasteiger partial charge in [0.1, 0.15) is 0 Å². The second-order valence-corrected chi connectivity index (χ2v) is 4.35. The Morgan fingerprint density at radius 1 is 1.45 bits per heavy atom. The number of rotatable bonds is 6. The van der Waals surface area contributed by atoms with Crippen molar-refractivity contribution in [2.75, 3.05) is 13.6 Å². The fourth-order valence-electron chi connectivity index (χ4n) is 1.74. The number of amides is 1. The normalized spacial score (nSPS) is 10.1. The Labute approximate surface area is 116 Å². The molecule has 108 valence electrons. The van der Waals surface area contributed by atoms with Gasteiger partial charge in [0.25, 0.3) is 5.56 Å². The average Bonchev–Trinajstić information content (AvgIpc) is 2.44. The summed E-state index contributed by atoms with van der Waals surface area (Å²) in [5.41, 5.74) is -0.820. The van der Waals surface area contributed by atoms with E-state index in [-0.39, 0.29) is 25.3 Å². The number of carbonyl (C=O) groups excluding carboxylic acids is 1. The predicted octanol–water partition coefficient (Wildman–Crippen LogP) is -0.208. The van der Waals surface area contributed by atoms with Crippen molar-refractivity contribution in [1.29, 1.82) is 5.26 Å². The molecule has 0 atom stereocenters. The Morgan fingerprint density at radius 2 is 2.15 bits per heavy atom. The molecule has 7 nitrogen and oxygen atoms in total. The van der Waals surface area contributed by atoms with Gasteiger partial charge in [-0.2, -0.15) is 5.26 Å². The zero-order valence-electron chi connectivity index (χ0n) is 11.7. The molecule has 1 rings (SSSR count). The minimum atomic E-state index is -0.410. The summed E-state index contributed by atoms with van der Waals surface area (Å²) in [7, 11) is 1.60. The van der Waals surface area contributed by atoms with Gasteiger partial charge in [0.05, 0.1) is 12.5 Å². The van der Waals surface area contributed by atoms with Gasteiger partial charge in [-0.15, -0.1) is 0 Å². The number of hydrogen-bond acceptors (Lipinski definition) is 4. The van der Waals surface area contributed by atoms with Crippen LogP contribution < -0.4 is 11.2 Å². The van der Waals surface area contributed by atoms with Gasteiger partial charge in [-0.1, -0.05) is 0 Å². The molecule has 0 aromatic carbocycles. The van der Waals surface area contributed by atoms with Crippen molar-refractivity contribution in [2.45, 2.75) is 32.9 Å². The summed E-state index contributed by atoms with van der Waals surface area (Å²) in [6.07, 6.45) is 1.77. The minimum absolute atomic E-state index is 0.0498. The highest BCUT2D eigenvalue weighted by Crippen LogP contribution is 1.94. The molecule has 7 heteroatoms. The van der Waals surface area contributed by atoms with Gasteiger partial charge in [0.15, 0.2) is 0 Å². The second kappa shape index (κ2) is 7.28. The van der Waals surface area contributed by atoms with Crippen LogP contribution in [0.15, 0.2) is 21.9 Å². The quantitative estimate of drug-likeness (QED) is 0.720. The lowest BCUT2D eigenvalue weighted by molar-refractivity contribution is -0.130. The van der Waals surface area contributed by atoms with Gasteiger partial charge in [0, 0.05) is 45.4 Å². The van der Waals surface area contributed by atoms with E-state index < -0.39 is 11.2 Å². The maximum atomic E-state index is 11.9. The number of carbonyl (C=O) groups is 1. The van der Waals surface area contributed by atoms with Gasteiger partial charge in [-0.25, -0.2) is 4.79 Å². The van der Waals surface area contributed by atoms with Crippen molar-refractivity contribution in [3.63, 3.8) is 0 Å². The van der Waals surface area contributed by atoms with Gasteiger partial charge in [0.2, 0.25) is 5.91 Å². The van der Waals surface area contributed by atoms with E-state index in [1.165, 1.54) is 21.7 Å². The first-order valence-corrected chi connectivity index (χ1v) is 6.42. The molecule has 1 aromatic heterocycles. The largest absolute Gasteiger partial charge is 0.345 e. The van der Waals surface area contributed by atoms with Crippen LogP contribution in [-0.2, 0) is 17.9 Å². The summed E-state index contributed by atoms with van der Waals surface area (Å²) in [6, 6.07) is 3.27. The standard InChI is InChI=1S/C13H18N4O3/c1-3-16-9-5-12(19)17(13(16)20)10-6-11(18)15(2)8-4-7-14/h5,9H,3-4,6,8,10H2,1-2H3. The molecule has 0 spiro atoms. The lowest BCUT2D eigenvalue weighted by atomic mass is 10.3. The van der Waals surface area contributed by atoms with E-state index in [2.05, 4.69) is 0 Å².